The molecule has 0 bridgehead atoms. The summed E-state index contributed by atoms with van der Waals surface area (Å²) in [6.07, 6.45) is 1.20. The second kappa shape index (κ2) is 6.16. The fraction of sp³-hybridized carbons (Fsp3) is 0.462. The SMILES string of the molecule is CCC(C)Oc1ccc(COC(C)=O)cc1. The number of benzene rings is 1. The van der Waals surface area contributed by atoms with Crippen molar-refractivity contribution in [3.05, 3.63) is 29.8 Å². The first-order valence-electron chi connectivity index (χ1n) is 5.50. The van der Waals surface area contributed by atoms with Crippen molar-refractivity contribution in [2.75, 3.05) is 0 Å². The van der Waals surface area contributed by atoms with E-state index in [9.17, 15) is 4.79 Å². The van der Waals surface area contributed by atoms with E-state index in [0.717, 1.165) is 17.7 Å². The molecular formula is C13H18O3. The van der Waals surface area contributed by atoms with E-state index in [-0.39, 0.29) is 12.1 Å². The molecule has 0 saturated heterocycles. The van der Waals surface area contributed by atoms with Crippen LogP contribution in [0.4, 0.5) is 0 Å². The van der Waals surface area contributed by atoms with Crippen LogP contribution in [-0.2, 0) is 16.1 Å². The van der Waals surface area contributed by atoms with Gasteiger partial charge in [0, 0.05) is 6.92 Å². The molecule has 1 rings (SSSR count). The van der Waals surface area contributed by atoms with Gasteiger partial charge in [-0.15, -0.1) is 0 Å². The van der Waals surface area contributed by atoms with Gasteiger partial charge in [-0.1, -0.05) is 19.1 Å². The molecule has 0 aliphatic carbocycles. The number of carbonyl (C=O) groups excluding carboxylic acids is 1. The van der Waals surface area contributed by atoms with Crippen molar-refractivity contribution in [1.29, 1.82) is 0 Å². The third-order valence-corrected chi connectivity index (χ3v) is 2.28. The van der Waals surface area contributed by atoms with Gasteiger partial charge in [-0.25, -0.2) is 0 Å². The van der Waals surface area contributed by atoms with Crippen LogP contribution in [0.15, 0.2) is 24.3 Å². The highest BCUT2D eigenvalue weighted by Crippen LogP contribution is 2.15. The van der Waals surface area contributed by atoms with Crippen molar-refractivity contribution in [3.63, 3.8) is 0 Å². The van der Waals surface area contributed by atoms with Gasteiger partial charge < -0.3 is 9.47 Å². The largest absolute Gasteiger partial charge is 0.491 e. The van der Waals surface area contributed by atoms with E-state index in [1.165, 1.54) is 6.92 Å². The smallest absolute Gasteiger partial charge is 0.302 e. The zero-order valence-electron chi connectivity index (χ0n) is 10.0. The summed E-state index contributed by atoms with van der Waals surface area (Å²) in [7, 11) is 0. The van der Waals surface area contributed by atoms with Crippen LogP contribution in [0, 0.1) is 0 Å². The number of hydrogen-bond acceptors (Lipinski definition) is 3. The monoisotopic (exact) mass is 222 g/mol. The lowest BCUT2D eigenvalue weighted by molar-refractivity contribution is -0.142. The average Bonchev–Trinajstić information content (AvgIpc) is 2.28. The lowest BCUT2D eigenvalue weighted by atomic mass is 10.2. The van der Waals surface area contributed by atoms with Crippen molar-refractivity contribution in [2.24, 2.45) is 0 Å². The van der Waals surface area contributed by atoms with Gasteiger partial charge in [0.1, 0.15) is 12.4 Å². The summed E-state index contributed by atoms with van der Waals surface area (Å²) in [6.45, 7) is 5.84. The van der Waals surface area contributed by atoms with Gasteiger partial charge in [-0.2, -0.15) is 0 Å². The van der Waals surface area contributed by atoms with Gasteiger partial charge in [-0.3, -0.25) is 4.79 Å². The molecule has 0 aliphatic rings. The maximum atomic E-state index is 10.6. The van der Waals surface area contributed by atoms with E-state index in [2.05, 4.69) is 6.92 Å². The van der Waals surface area contributed by atoms with Crippen molar-refractivity contribution in [3.8, 4) is 5.75 Å². The molecule has 0 fully saturated rings. The summed E-state index contributed by atoms with van der Waals surface area (Å²) in [5, 5.41) is 0. The minimum absolute atomic E-state index is 0.222. The first-order chi connectivity index (χ1) is 7.61. The Balaban J connectivity index is 2.50. The number of ether oxygens (including phenoxy) is 2. The third kappa shape index (κ3) is 4.34. The van der Waals surface area contributed by atoms with E-state index in [1.54, 1.807) is 0 Å². The summed E-state index contributed by atoms with van der Waals surface area (Å²) >= 11 is 0. The number of esters is 1. The summed E-state index contributed by atoms with van der Waals surface area (Å²) in [5.41, 5.74) is 0.965. The van der Waals surface area contributed by atoms with Crippen molar-refractivity contribution >= 4 is 5.97 Å². The summed E-state index contributed by atoms with van der Waals surface area (Å²) in [4.78, 5) is 10.6. The van der Waals surface area contributed by atoms with Crippen molar-refractivity contribution in [1.82, 2.24) is 0 Å². The first-order valence-corrected chi connectivity index (χ1v) is 5.50. The fourth-order valence-corrected chi connectivity index (χ4v) is 1.16. The number of rotatable bonds is 5. The van der Waals surface area contributed by atoms with Crippen LogP contribution in [0.5, 0.6) is 5.75 Å². The zero-order chi connectivity index (χ0) is 12.0. The molecule has 3 nitrogen and oxygen atoms in total. The molecular weight excluding hydrogens is 204 g/mol. The van der Waals surface area contributed by atoms with Crippen LogP contribution in [0.2, 0.25) is 0 Å². The Morgan fingerprint density at radius 2 is 1.94 bits per heavy atom. The maximum Gasteiger partial charge on any atom is 0.302 e. The van der Waals surface area contributed by atoms with Crippen molar-refractivity contribution in [2.45, 2.75) is 39.9 Å². The highest BCUT2D eigenvalue weighted by Gasteiger charge is 2.01. The zero-order valence-corrected chi connectivity index (χ0v) is 10.0. The Kier molecular flexibility index (Phi) is 4.83. The molecule has 0 amide bonds. The summed E-state index contributed by atoms with van der Waals surface area (Å²) in [6, 6.07) is 7.59. The van der Waals surface area contributed by atoms with Crippen LogP contribution in [0.25, 0.3) is 0 Å². The Morgan fingerprint density at radius 3 is 2.44 bits per heavy atom. The predicted octanol–water partition coefficient (Wildman–Crippen LogP) is 2.93. The van der Waals surface area contributed by atoms with Gasteiger partial charge in [0.25, 0.3) is 0 Å². The van der Waals surface area contributed by atoms with Gasteiger partial charge in [-0.05, 0) is 31.0 Å². The van der Waals surface area contributed by atoms with E-state index < -0.39 is 0 Å². The van der Waals surface area contributed by atoms with Crippen LogP contribution >= 0.6 is 0 Å². The van der Waals surface area contributed by atoms with E-state index in [1.807, 2.05) is 31.2 Å². The summed E-state index contributed by atoms with van der Waals surface area (Å²) < 4.78 is 10.5. The number of carbonyl (C=O) groups is 1. The maximum absolute atomic E-state index is 10.6. The molecule has 1 aromatic rings. The van der Waals surface area contributed by atoms with Crippen LogP contribution in [-0.4, -0.2) is 12.1 Å². The highest BCUT2D eigenvalue weighted by molar-refractivity contribution is 5.65. The second-order valence-corrected chi connectivity index (χ2v) is 3.76. The molecule has 0 radical (unpaired) electrons. The third-order valence-electron chi connectivity index (χ3n) is 2.28. The lowest BCUT2D eigenvalue weighted by Crippen LogP contribution is -2.09. The molecule has 1 atom stereocenters. The first kappa shape index (κ1) is 12.6. The molecule has 0 aliphatic heterocycles. The number of hydrogen-bond donors (Lipinski definition) is 0. The molecule has 3 heteroatoms. The molecule has 1 aromatic carbocycles. The fourth-order valence-electron chi connectivity index (χ4n) is 1.16. The average molecular weight is 222 g/mol. The summed E-state index contributed by atoms with van der Waals surface area (Å²) in [5.74, 6) is 0.584. The van der Waals surface area contributed by atoms with E-state index in [4.69, 9.17) is 9.47 Å². The normalized spacial score (nSPS) is 11.9. The molecule has 0 saturated carbocycles. The molecule has 16 heavy (non-hydrogen) atoms. The topological polar surface area (TPSA) is 35.5 Å². The standard InChI is InChI=1S/C13H18O3/c1-4-10(2)16-13-7-5-12(6-8-13)9-15-11(3)14/h5-8,10H,4,9H2,1-3H3. The molecule has 0 heterocycles. The van der Waals surface area contributed by atoms with Gasteiger partial charge >= 0.3 is 5.97 Å². The minimum Gasteiger partial charge on any atom is -0.491 e. The minimum atomic E-state index is -0.264. The molecule has 0 spiro atoms. The lowest BCUT2D eigenvalue weighted by Gasteiger charge is -2.12. The molecule has 1 unspecified atom stereocenters. The highest BCUT2D eigenvalue weighted by atomic mass is 16.5. The van der Waals surface area contributed by atoms with Crippen LogP contribution in [0.1, 0.15) is 32.8 Å². The Labute approximate surface area is 96.4 Å². The van der Waals surface area contributed by atoms with Gasteiger partial charge in [0.05, 0.1) is 6.10 Å². The molecule has 88 valence electrons. The predicted molar refractivity (Wildman–Crippen MR) is 62.3 cm³/mol. The van der Waals surface area contributed by atoms with Gasteiger partial charge in [0.2, 0.25) is 0 Å². The van der Waals surface area contributed by atoms with Crippen molar-refractivity contribution < 1.29 is 14.3 Å². The van der Waals surface area contributed by atoms with E-state index >= 15 is 0 Å². The van der Waals surface area contributed by atoms with E-state index in [0.29, 0.717) is 6.61 Å². The molecule has 0 aromatic heterocycles. The van der Waals surface area contributed by atoms with Gasteiger partial charge in [0.15, 0.2) is 0 Å². The molecule has 0 N–H and O–H groups in total. The second-order valence-electron chi connectivity index (χ2n) is 3.76. The Bertz CT molecular complexity index is 330. The Hall–Kier alpha value is -1.51. The Morgan fingerprint density at radius 1 is 1.31 bits per heavy atom. The van der Waals surface area contributed by atoms with Crippen LogP contribution in [0.3, 0.4) is 0 Å². The quantitative estimate of drug-likeness (QED) is 0.718. The van der Waals surface area contributed by atoms with Crippen LogP contribution < -0.4 is 4.74 Å².